The van der Waals surface area contributed by atoms with Crippen LogP contribution >= 0.6 is 0 Å². The van der Waals surface area contributed by atoms with Crippen LogP contribution in [0.3, 0.4) is 0 Å². The van der Waals surface area contributed by atoms with Crippen LogP contribution in [-0.4, -0.2) is 22.9 Å². The van der Waals surface area contributed by atoms with E-state index in [0.29, 0.717) is 17.9 Å². The maximum atomic E-state index is 12.5. The molecule has 0 bridgehead atoms. The van der Waals surface area contributed by atoms with Crippen LogP contribution in [-0.2, 0) is 11.3 Å². The molecule has 0 aliphatic rings. The minimum Gasteiger partial charge on any atom is -0.295 e. The van der Waals surface area contributed by atoms with Gasteiger partial charge in [-0.2, -0.15) is 0 Å². The van der Waals surface area contributed by atoms with Gasteiger partial charge in [0.05, 0.1) is 6.10 Å². The molecular weight excluding hydrogens is 544 g/mol. The van der Waals surface area contributed by atoms with Crippen LogP contribution in [0.15, 0.2) is 92.0 Å². The van der Waals surface area contributed by atoms with Gasteiger partial charge in [0, 0.05) is 17.5 Å². The first-order valence-electron chi connectivity index (χ1n) is 15.9. The number of hydrogen-bond donors (Lipinski definition) is 1. The Hall–Kier alpha value is -3.60. The van der Waals surface area contributed by atoms with Crippen LogP contribution in [0.2, 0.25) is 0 Å². The topological polar surface area (TPSA) is 63.6 Å². The standard InChI is InChI=1S/C25H32O3.C10H12O.C3H6.C2H6/c1-4-7-20-10-12-21(13-11-20)22-14-16-23(17-15-22)25(26)18-24(28-27)9-6-8-19(3)5-2;1-7-4-5-10(9(3)11)6-8(7)2;1-3-2;1-2/h5,10-17,19,24,27H,2,4,6-9,18H2,1,3H3;4-6H,1-3H3;3H,1H2,2H3;1-2H3. The van der Waals surface area contributed by atoms with Gasteiger partial charge in [0.15, 0.2) is 11.6 Å². The molecule has 3 aromatic carbocycles. The van der Waals surface area contributed by atoms with Gasteiger partial charge in [0.25, 0.3) is 0 Å². The third-order valence-electron chi connectivity index (χ3n) is 7.10. The Balaban J connectivity index is 0.000000954. The summed E-state index contributed by atoms with van der Waals surface area (Å²) < 4.78 is 0. The molecule has 0 radical (unpaired) electrons. The Labute approximate surface area is 267 Å². The van der Waals surface area contributed by atoms with Crippen LogP contribution in [0.1, 0.15) is 111 Å². The van der Waals surface area contributed by atoms with Crippen molar-refractivity contribution in [1.29, 1.82) is 0 Å². The van der Waals surface area contributed by atoms with Gasteiger partial charge in [0.1, 0.15) is 0 Å². The smallest absolute Gasteiger partial charge is 0.165 e. The van der Waals surface area contributed by atoms with Crippen molar-refractivity contribution in [3.8, 4) is 11.1 Å². The quantitative estimate of drug-likeness (QED) is 0.0917. The van der Waals surface area contributed by atoms with Crippen molar-refractivity contribution < 1.29 is 19.7 Å². The van der Waals surface area contributed by atoms with Crippen LogP contribution in [0, 0.1) is 19.8 Å². The fraction of sp³-hybridized carbons (Fsp3) is 0.400. The molecule has 2 atom stereocenters. The fourth-order valence-electron chi connectivity index (χ4n) is 4.26. The molecule has 44 heavy (non-hydrogen) atoms. The zero-order chi connectivity index (χ0) is 33.5. The molecule has 4 nitrogen and oxygen atoms in total. The lowest BCUT2D eigenvalue weighted by molar-refractivity contribution is -0.278. The van der Waals surface area contributed by atoms with Crippen molar-refractivity contribution in [3.63, 3.8) is 0 Å². The molecule has 0 fully saturated rings. The normalized spacial score (nSPS) is 11.2. The van der Waals surface area contributed by atoms with E-state index in [-0.39, 0.29) is 18.0 Å². The number of allylic oxidation sites excluding steroid dienone is 2. The second kappa shape index (κ2) is 23.8. The highest BCUT2D eigenvalue weighted by Crippen LogP contribution is 2.22. The van der Waals surface area contributed by atoms with E-state index in [1.54, 1.807) is 13.0 Å². The summed E-state index contributed by atoms with van der Waals surface area (Å²) in [4.78, 5) is 28.0. The number of rotatable bonds is 13. The number of Topliss-reactive ketones (excluding diaryl/α,β-unsaturated/α-hetero) is 2. The third kappa shape index (κ3) is 15.7. The molecule has 0 aromatic heterocycles. The summed E-state index contributed by atoms with van der Waals surface area (Å²) in [5.74, 6) is 0.549. The molecule has 0 aliphatic heterocycles. The first-order valence-corrected chi connectivity index (χ1v) is 15.9. The fourth-order valence-corrected chi connectivity index (χ4v) is 4.26. The highest BCUT2D eigenvalue weighted by atomic mass is 17.1. The monoisotopic (exact) mass is 600 g/mol. The van der Waals surface area contributed by atoms with Crippen molar-refractivity contribution in [2.45, 2.75) is 100 Å². The summed E-state index contributed by atoms with van der Waals surface area (Å²) in [6.07, 6.45) is 8.14. The average molecular weight is 601 g/mol. The van der Waals surface area contributed by atoms with Crippen LogP contribution < -0.4 is 0 Å². The maximum absolute atomic E-state index is 12.5. The molecule has 240 valence electrons. The third-order valence-corrected chi connectivity index (χ3v) is 7.10. The van der Waals surface area contributed by atoms with Gasteiger partial charge in [-0.05, 0) is 86.8 Å². The Morgan fingerprint density at radius 2 is 1.39 bits per heavy atom. The molecule has 3 aromatic rings. The zero-order valence-electron chi connectivity index (χ0n) is 28.5. The lowest BCUT2D eigenvalue weighted by atomic mass is 9.97. The number of hydrogen-bond acceptors (Lipinski definition) is 4. The van der Waals surface area contributed by atoms with Crippen LogP contribution in [0.25, 0.3) is 11.1 Å². The predicted octanol–water partition coefficient (Wildman–Crippen LogP) is 11.5. The van der Waals surface area contributed by atoms with Crippen molar-refractivity contribution in [2.24, 2.45) is 5.92 Å². The van der Waals surface area contributed by atoms with E-state index < -0.39 is 6.10 Å². The summed E-state index contributed by atoms with van der Waals surface area (Å²) in [6, 6.07) is 22.0. The molecule has 0 aliphatic carbocycles. The van der Waals surface area contributed by atoms with E-state index in [9.17, 15) is 9.59 Å². The van der Waals surface area contributed by atoms with Crippen molar-refractivity contribution >= 4 is 11.6 Å². The minimum absolute atomic E-state index is 0.0133. The molecule has 0 heterocycles. The molecule has 1 N–H and O–H groups in total. The minimum atomic E-state index is -0.463. The Morgan fingerprint density at radius 1 is 0.864 bits per heavy atom. The van der Waals surface area contributed by atoms with Gasteiger partial charge in [-0.25, -0.2) is 4.89 Å². The molecule has 0 saturated carbocycles. The van der Waals surface area contributed by atoms with Gasteiger partial charge in [-0.1, -0.05) is 113 Å². The van der Waals surface area contributed by atoms with E-state index in [1.807, 2.05) is 83.2 Å². The van der Waals surface area contributed by atoms with Crippen LogP contribution in [0.5, 0.6) is 0 Å². The van der Waals surface area contributed by atoms with E-state index in [4.69, 9.17) is 5.26 Å². The molecule has 4 heteroatoms. The van der Waals surface area contributed by atoms with Gasteiger partial charge in [-0.15, -0.1) is 13.2 Å². The Bertz CT molecular complexity index is 1240. The summed E-state index contributed by atoms with van der Waals surface area (Å²) in [7, 11) is 0. The first-order chi connectivity index (χ1) is 21.1. The molecule has 0 amide bonds. The second-order valence-corrected chi connectivity index (χ2v) is 10.8. The van der Waals surface area contributed by atoms with Crippen molar-refractivity contribution in [1.82, 2.24) is 0 Å². The maximum Gasteiger partial charge on any atom is 0.165 e. The lowest BCUT2D eigenvalue weighted by Crippen LogP contribution is -2.17. The zero-order valence-corrected chi connectivity index (χ0v) is 28.5. The summed E-state index contributed by atoms with van der Waals surface area (Å²) in [6.45, 7) is 22.9. The largest absolute Gasteiger partial charge is 0.295 e. The first kappa shape index (κ1) is 40.4. The Kier molecular flexibility index (Phi) is 21.9. The van der Waals surface area contributed by atoms with Crippen LogP contribution in [0.4, 0.5) is 0 Å². The molecule has 3 rings (SSSR count). The van der Waals surface area contributed by atoms with E-state index in [2.05, 4.69) is 56.2 Å². The molecule has 0 spiro atoms. The van der Waals surface area contributed by atoms with Crippen molar-refractivity contribution in [2.75, 3.05) is 0 Å². The second-order valence-electron chi connectivity index (χ2n) is 10.8. The predicted molar refractivity (Wildman–Crippen MR) is 189 cm³/mol. The van der Waals surface area contributed by atoms with E-state index >= 15 is 0 Å². The molecule has 2 unspecified atom stereocenters. The van der Waals surface area contributed by atoms with E-state index in [0.717, 1.165) is 42.4 Å². The summed E-state index contributed by atoms with van der Waals surface area (Å²) >= 11 is 0. The van der Waals surface area contributed by atoms with Gasteiger partial charge >= 0.3 is 0 Å². The highest BCUT2D eigenvalue weighted by Gasteiger charge is 2.16. The Morgan fingerprint density at radius 3 is 1.84 bits per heavy atom. The van der Waals surface area contributed by atoms with E-state index in [1.165, 1.54) is 16.7 Å². The SMILES string of the molecule is C=CC.C=CC(C)CCCC(CC(=O)c1ccc(-c2ccc(CCC)cc2)cc1)OO.CC.CC(=O)c1ccc(C)c(C)c1. The van der Waals surface area contributed by atoms with Gasteiger partial charge < -0.3 is 0 Å². The van der Waals surface area contributed by atoms with Gasteiger partial charge in [0.2, 0.25) is 0 Å². The molecular formula is C40H56O4. The highest BCUT2D eigenvalue weighted by molar-refractivity contribution is 5.96. The number of carbonyl (C=O) groups excluding carboxylic acids is 2. The number of carbonyl (C=O) groups is 2. The van der Waals surface area contributed by atoms with Crippen molar-refractivity contribution in [3.05, 3.63) is 120 Å². The summed E-state index contributed by atoms with van der Waals surface area (Å²) in [5, 5.41) is 9.13. The average Bonchev–Trinajstić information content (AvgIpc) is 3.04. The number of ketones is 2. The lowest BCUT2D eigenvalue weighted by Gasteiger charge is -2.14. The number of aryl methyl sites for hydroxylation is 3. The van der Waals surface area contributed by atoms with Gasteiger partial charge in [-0.3, -0.25) is 14.8 Å². The molecule has 0 saturated heterocycles. The summed E-state index contributed by atoms with van der Waals surface area (Å²) in [5.41, 5.74) is 7.43. The number of benzene rings is 3.